The van der Waals surface area contributed by atoms with Crippen LogP contribution in [-0.4, -0.2) is 96.6 Å². The molecule has 188 valence electrons. The van der Waals surface area contributed by atoms with Crippen LogP contribution in [0.2, 0.25) is 0 Å². The van der Waals surface area contributed by atoms with Crippen LogP contribution in [0.3, 0.4) is 0 Å². The van der Waals surface area contributed by atoms with Crippen LogP contribution in [0.15, 0.2) is 0 Å². The number of hydrogen-bond acceptors (Lipinski definition) is 7. The molecule has 2 fully saturated rings. The van der Waals surface area contributed by atoms with Gasteiger partial charge < -0.3 is 36.8 Å². The molecule has 0 aliphatic carbocycles. The first-order valence-corrected chi connectivity index (χ1v) is 10.9. The van der Waals surface area contributed by atoms with Gasteiger partial charge in [-0.1, -0.05) is 0 Å². The van der Waals surface area contributed by atoms with Crippen molar-refractivity contribution in [3.8, 4) is 0 Å². The second kappa shape index (κ2) is 11.4. The SMILES string of the molecule is CC1NC(=O)CNC(=O)CNC(=O)CNC(=O)CNC(=O)C(C)(C)N2CCCC(NC1=O)C2=O. The van der Waals surface area contributed by atoms with Gasteiger partial charge in [0.1, 0.15) is 17.6 Å². The van der Waals surface area contributed by atoms with Crippen LogP contribution in [0.25, 0.3) is 0 Å². The van der Waals surface area contributed by atoms with Gasteiger partial charge in [-0.2, -0.15) is 0 Å². The molecular formula is C20H31N7O7. The molecule has 2 aliphatic heterocycles. The fourth-order valence-corrected chi connectivity index (χ4v) is 3.44. The molecular weight excluding hydrogens is 450 g/mol. The Morgan fingerprint density at radius 3 is 1.79 bits per heavy atom. The van der Waals surface area contributed by atoms with E-state index in [0.29, 0.717) is 12.8 Å². The van der Waals surface area contributed by atoms with Gasteiger partial charge in [0.2, 0.25) is 41.4 Å². The highest BCUT2D eigenvalue weighted by Crippen LogP contribution is 2.22. The predicted molar refractivity (Wildman–Crippen MR) is 117 cm³/mol. The number of piperidine rings is 1. The molecule has 34 heavy (non-hydrogen) atoms. The minimum absolute atomic E-state index is 0.282. The first kappa shape index (κ1) is 26.5. The minimum atomic E-state index is -1.32. The van der Waals surface area contributed by atoms with Gasteiger partial charge in [-0.25, -0.2) is 0 Å². The van der Waals surface area contributed by atoms with Gasteiger partial charge in [-0.3, -0.25) is 33.6 Å². The zero-order chi connectivity index (χ0) is 25.5. The Bertz CT molecular complexity index is 873. The first-order chi connectivity index (χ1) is 15.9. The van der Waals surface area contributed by atoms with E-state index in [1.807, 2.05) is 0 Å². The fourth-order valence-electron chi connectivity index (χ4n) is 3.44. The molecule has 6 N–H and O–H groups in total. The topological polar surface area (TPSA) is 195 Å². The van der Waals surface area contributed by atoms with Crippen molar-refractivity contribution in [3.63, 3.8) is 0 Å². The molecule has 2 saturated heterocycles. The molecule has 2 heterocycles. The Labute approximate surface area is 196 Å². The number of hydrogen-bond donors (Lipinski definition) is 6. The molecule has 14 heteroatoms. The largest absolute Gasteiger partial charge is 0.346 e. The van der Waals surface area contributed by atoms with Crippen LogP contribution in [0.1, 0.15) is 33.6 Å². The number of carbonyl (C=O) groups excluding carboxylic acids is 7. The monoisotopic (exact) mass is 481 g/mol. The molecule has 2 aliphatic rings. The molecule has 0 aromatic heterocycles. The Kier molecular flexibility index (Phi) is 8.92. The normalized spacial score (nSPS) is 26.1. The van der Waals surface area contributed by atoms with Crippen molar-refractivity contribution in [2.75, 3.05) is 32.7 Å². The van der Waals surface area contributed by atoms with Crippen molar-refractivity contribution < 1.29 is 33.6 Å². The Hall–Kier alpha value is -3.71. The van der Waals surface area contributed by atoms with Crippen molar-refractivity contribution >= 4 is 41.4 Å². The molecule has 2 rings (SSSR count). The minimum Gasteiger partial charge on any atom is -0.346 e. The van der Waals surface area contributed by atoms with Gasteiger partial charge in [-0.05, 0) is 33.6 Å². The summed E-state index contributed by atoms with van der Waals surface area (Å²) in [6.45, 7) is 3.05. The van der Waals surface area contributed by atoms with Crippen molar-refractivity contribution in [2.45, 2.75) is 51.2 Å². The summed E-state index contributed by atoms with van der Waals surface area (Å²) in [7, 11) is 0. The van der Waals surface area contributed by atoms with E-state index in [2.05, 4.69) is 31.9 Å². The Morgan fingerprint density at radius 1 is 0.735 bits per heavy atom. The third kappa shape index (κ3) is 7.15. The second-order valence-electron chi connectivity index (χ2n) is 8.55. The van der Waals surface area contributed by atoms with Gasteiger partial charge in [0, 0.05) is 6.54 Å². The summed E-state index contributed by atoms with van der Waals surface area (Å²) >= 11 is 0. The predicted octanol–water partition coefficient (Wildman–Crippen LogP) is -4.14. The van der Waals surface area contributed by atoms with Crippen LogP contribution in [0, 0.1) is 0 Å². The molecule has 14 nitrogen and oxygen atoms in total. The summed E-state index contributed by atoms with van der Waals surface area (Å²) in [6.07, 6.45) is 0.884. The summed E-state index contributed by atoms with van der Waals surface area (Å²) < 4.78 is 0. The summed E-state index contributed by atoms with van der Waals surface area (Å²) in [6, 6.07) is -1.88. The maximum Gasteiger partial charge on any atom is 0.246 e. The lowest BCUT2D eigenvalue weighted by molar-refractivity contribution is -0.151. The number of fused-ring (bicyclic) bond motifs is 2. The molecule has 7 amide bonds. The summed E-state index contributed by atoms with van der Waals surface area (Å²) in [5.74, 6) is -4.24. The van der Waals surface area contributed by atoms with Crippen LogP contribution in [-0.2, 0) is 33.6 Å². The zero-order valence-corrected chi connectivity index (χ0v) is 19.4. The molecule has 2 unspecified atom stereocenters. The smallest absolute Gasteiger partial charge is 0.246 e. The quantitative estimate of drug-likeness (QED) is 0.202. The molecule has 0 aromatic carbocycles. The van der Waals surface area contributed by atoms with Gasteiger partial charge >= 0.3 is 0 Å². The Balaban J connectivity index is 2.17. The van der Waals surface area contributed by atoms with Crippen molar-refractivity contribution in [2.24, 2.45) is 0 Å². The molecule has 0 spiro atoms. The van der Waals surface area contributed by atoms with E-state index < -0.39 is 85.2 Å². The van der Waals surface area contributed by atoms with Crippen molar-refractivity contribution in [1.29, 1.82) is 0 Å². The van der Waals surface area contributed by atoms with E-state index in [4.69, 9.17) is 0 Å². The molecule has 2 atom stereocenters. The maximum absolute atomic E-state index is 13.0. The van der Waals surface area contributed by atoms with E-state index >= 15 is 0 Å². The lowest BCUT2D eigenvalue weighted by Crippen LogP contribution is -2.64. The average Bonchev–Trinajstić information content (AvgIpc) is 2.78. The molecule has 2 bridgehead atoms. The van der Waals surface area contributed by atoms with Crippen molar-refractivity contribution in [1.82, 2.24) is 36.8 Å². The number of nitrogens with one attached hydrogen (secondary N) is 6. The highest BCUT2D eigenvalue weighted by atomic mass is 16.2. The third-order valence-corrected chi connectivity index (χ3v) is 5.50. The molecule has 0 radical (unpaired) electrons. The molecule has 0 aromatic rings. The highest BCUT2D eigenvalue weighted by Gasteiger charge is 2.42. The number of nitrogens with zero attached hydrogens (tertiary/aromatic N) is 1. The lowest BCUT2D eigenvalue weighted by atomic mass is 9.94. The van der Waals surface area contributed by atoms with E-state index in [1.165, 1.54) is 25.7 Å². The number of carbonyl (C=O) groups is 7. The van der Waals surface area contributed by atoms with Crippen molar-refractivity contribution in [3.05, 3.63) is 0 Å². The maximum atomic E-state index is 13.0. The van der Waals surface area contributed by atoms with E-state index in [1.54, 1.807) is 0 Å². The van der Waals surface area contributed by atoms with Gasteiger partial charge in [0.15, 0.2) is 0 Å². The van der Waals surface area contributed by atoms with Gasteiger partial charge in [0.05, 0.1) is 26.2 Å². The fraction of sp³-hybridized carbons (Fsp3) is 0.650. The first-order valence-electron chi connectivity index (χ1n) is 10.9. The zero-order valence-electron chi connectivity index (χ0n) is 19.4. The van der Waals surface area contributed by atoms with Crippen LogP contribution < -0.4 is 31.9 Å². The van der Waals surface area contributed by atoms with Gasteiger partial charge in [0.25, 0.3) is 0 Å². The molecule has 0 saturated carbocycles. The standard InChI is InChI=1S/C20H31N7O7/c1-11-17(32)26-12-5-4-6-27(18(12)33)20(2,3)19(34)24-9-15(30)22-7-13(28)21-8-14(29)23-10-16(31)25-11/h11-12H,4-10H2,1-3H3,(H,21,28)(H,22,30)(H,23,29)(H,24,34)(H,25,31)(H,26,32). The van der Waals surface area contributed by atoms with Crippen LogP contribution in [0.5, 0.6) is 0 Å². The number of amides is 7. The lowest BCUT2D eigenvalue weighted by Gasteiger charge is -2.42. The van der Waals surface area contributed by atoms with Gasteiger partial charge in [-0.15, -0.1) is 0 Å². The third-order valence-electron chi connectivity index (χ3n) is 5.50. The Morgan fingerprint density at radius 2 is 1.24 bits per heavy atom. The summed E-state index contributed by atoms with van der Waals surface area (Å²) in [5.41, 5.74) is -1.32. The van der Waals surface area contributed by atoms with E-state index in [0.717, 1.165) is 0 Å². The van der Waals surface area contributed by atoms with Crippen LogP contribution in [0.4, 0.5) is 0 Å². The summed E-state index contributed by atoms with van der Waals surface area (Å²) in [5, 5.41) is 14.3. The highest BCUT2D eigenvalue weighted by molar-refractivity contribution is 5.97. The second-order valence-corrected chi connectivity index (χ2v) is 8.55. The van der Waals surface area contributed by atoms with E-state index in [9.17, 15) is 33.6 Å². The average molecular weight is 482 g/mol. The van der Waals surface area contributed by atoms with Crippen LogP contribution >= 0.6 is 0 Å². The number of rotatable bonds is 0. The summed E-state index contributed by atoms with van der Waals surface area (Å²) in [4.78, 5) is 87.3. The van der Waals surface area contributed by atoms with E-state index in [-0.39, 0.29) is 6.54 Å².